The summed E-state index contributed by atoms with van der Waals surface area (Å²) in [5.41, 5.74) is 3.75. The maximum Gasteiger partial charge on any atom is 0.343 e. The predicted octanol–water partition coefficient (Wildman–Crippen LogP) is 4.88. The summed E-state index contributed by atoms with van der Waals surface area (Å²) in [5, 5.41) is 0. The fourth-order valence-electron chi connectivity index (χ4n) is 2.23. The van der Waals surface area contributed by atoms with E-state index in [1.807, 2.05) is 67.6 Å². The first kappa shape index (κ1) is 14.1. The van der Waals surface area contributed by atoms with Crippen molar-refractivity contribution in [1.29, 1.82) is 0 Å². The zero-order chi connectivity index (χ0) is 15.4. The second-order valence-electron chi connectivity index (χ2n) is 5.15. The molecule has 0 aliphatic rings. The van der Waals surface area contributed by atoms with Crippen LogP contribution in [0.25, 0.3) is 11.1 Å². The average Bonchev–Trinajstić information content (AvgIpc) is 2.58. The molecule has 0 saturated heterocycles. The number of carbonyl (C=O) groups is 1. The highest BCUT2D eigenvalue weighted by Gasteiger charge is 2.09. The second kappa shape index (κ2) is 6.27. The van der Waals surface area contributed by atoms with E-state index >= 15 is 0 Å². The molecule has 0 aliphatic carbocycles. The fourth-order valence-corrected chi connectivity index (χ4v) is 2.23. The van der Waals surface area contributed by atoms with Crippen LogP contribution >= 0.6 is 0 Å². The van der Waals surface area contributed by atoms with E-state index in [-0.39, 0.29) is 5.97 Å². The molecule has 2 nitrogen and oxygen atoms in total. The normalized spacial score (nSPS) is 10.2. The van der Waals surface area contributed by atoms with E-state index in [1.165, 1.54) is 0 Å². The largest absolute Gasteiger partial charge is 0.423 e. The van der Waals surface area contributed by atoms with Crippen LogP contribution in [-0.2, 0) is 0 Å². The number of rotatable bonds is 3. The number of hydrogen-bond donors (Lipinski definition) is 0. The standard InChI is InChI=1S/C20H16O2/c1-15-10-12-19(13-11-15)22-20(21)18-9-5-8-17(14-18)16-6-3-2-4-7-16/h2-14H,1H3. The molecule has 22 heavy (non-hydrogen) atoms. The van der Waals surface area contributed by atoms with Gasteiger partial charge in [-0.15, -0.1) is 0 Å². The van der Waals surface area contributed by atoms with Crippen molar-refractivity contribution in [3.8, 4) is 16.9 Å². The first-order valence-corrected chi connectivity index (χ1v) is 7.17. The van der Waals surface area contributed by atoms with E-state index in [1.54, 1.807) is 18.2 Å². The van der Waals surface area contributed by atoms with Gasteiger partial charge < -0.3 is 4.74 Å². The topological polar surface area (TPSA) is 26.3 Å². The summed E-state index contributed by atoms with van der Waals surface area (Å²) >= 11 is 0. The molecule has 0 N–H and O–H groups in total. The summed E-state index contributed by atoms with van der Waals surface area (Å²) in [5.74, 6) is 0.211. The number of hydrogen-bond acceptors (Lipinski definition) is 2. The second-order valence-corrected chi connectivity index (χ2v) is 5.15. The number of ether oxygens (including phenoxy) is 1. The van der Waals surface area contributed by atoms with Gasteiger partial charge in [-0.3, -0.25) is 0 Å². The van der Waals surface area contributed by atoms with Crippen LogP contribution in [0, 0.1) is 6.92 Å². The lowest BCUT2D eigenvalue weighted by molar-refractivity contribution is 0.0735. The number of benzene rings is 3. The van der Waals surface area contributed by atoms with Crippen LogP contribution in [0.3, 0.4) is 0 Å². The van der Waals surface area contributed by atoms with Crippen molar-refractivity contribution in [2.45, 2.75) is 6.92 Å². The van der Waals surface area contributed by atoms with Gasteiger partial charge in [0.2, 0.25) is 0 Å². The number of carbonyl (C=O) groups excluding carboxylic acids is 1. The van der Waals surface area contributed by atoms with Crippen LogP contribution in [0.1, 0.15) is 15.9 Å². The van der Waals surface area contributed by atoms with Gasteiger partial charge in [0.25, 0.3) is 0 Å². The van der Waals surface area contributed by atoms with Gasteiger partial charge in [0.1, 0.15) is 5.75 Å². The molecule has 108 valence electrons. The number of aryl methyl sites for hydroxylation is 1. The molecule has 0 radical (unpaired) electrons. The Morgan fingerprint density at radius 2 is 1.45 bits per heavy atom. The molecule has 0 aliphatic heterocycles. The lowest BCUT2D eigenvalue weighted by atomic mass is 10.0. The van der Waals surface area contributed by atoms with Crippen LogP contribution < -0.4 is 4.74 Å². The molecule has 0 saturated carbocycles. The van der Waals surface area contributed by atoms with Crippen molar-refractivity contribution in [2.75, 3.05) is 0 Å². The highest BCUT2D eigenvalue weighted by Crippen LogP contribution is 2.21. The van der Waals surface area contributed by atoms with Crippen molar-refractivity contribution in [3.05, 3.63) is 90.0 Å². The Bertz CT molecular complexity index is 774. The van der Waals surface area contributed by atoms with Crippen LogP contribution in [0.15, 0.2) is 78.9 Å². The molecule has 3 rings (SSSR count). The van der Waals surface area contributed by atoms with Crippen molar-refractivity contribution < 1.29 is 9.53 Å². The molecule has 0 amide bonds. The van der Waals surface area contributed by atoms with Gasteiger partial charge in [-0.2, -0.15) is 0 Å². The van der Waals surface area contributed by atoms with Crippen LogP contribution in [-0.4, -0.2) is 5.97 Å². The summed E-state index contributed by atoms with van der Waals surface area (Å²) in [6, 6.07) is 24.9. The molecule has 0 fully saturated rings. The Morgan fingerprint density at radius 1 is 0.773 bits per heavy atom. The van der Waals surface area contributed by atoms with Crippen molar-refractivity contribution in [3.63, 3.8) is 0 Å². The molecule has 0 aromatic heterocycles. The SMILES string of the molecule is Cc1ccc(OC(=O)c2cccc(-c3ccccc3)c2)cc1. The minimum atomic E-state index is -0.346. The van der Waals surface area contributed by atoms with Crippen molar-refractivity contribution in [2.24, 2.45) is 0 Å². The zero-order valence-electron chi connectivity index (χ0n) is 12.3. The first-order valence-electron chi connectivity index (χ1n) is 7.17. The Labute approximate surface area is 130 Å². The lowest BCUT2D eigenvalue weighted by Crippen LogP contribution is -2.08. The monoisotopic (exact) mass is 288 g/mol. The van der Waals surface area contributed by atoms with Gasteiger partial charge in [0.15, 0.2) is 0 Å². The highest BCUT2D eigenvalue weighted by molar-refractivity contribution is 5.92. The summed E-state index contributed by atoms with van der Waals surface area (Å²) < 4.78 is 5.41. The van der Waals surface area contributed by atoms with Gasteiger partial charge in [0, 0.05) is 0 Å². The average molecular weight is 288 g/mol. The molecule has 0 unspecified atom stereocenters. The first-order chi connectivity index (χ1) is 10.7. The maximum atomic E-state index is 12.3. The molecule has 0 atom stereocenters. The van der Waals surface area contributed by atoms with E-state index in [4.69, 9.17) is 4.74 Å². The van der Waals surface area contributed by atoms with Crippen LogP contribution in [0.2, 0.25) is 0 Å². The Kier molecular flexibility index (Phi) is 4.01. The Balaban J connectivity index is 1.82. The molecule has 0 bridgehead atoms. The summed E-state index contributed by atoms with van der Waals surface area (Å²) in [6.45, 7) is 1.99. The third kappa shape index (κ3) is 3.23. The Hall–Kier alpha value is -2.87. The van der Waals surface area contributed by atoms with Gasteiger partial charge in [-0.05, 0) is 42.3 Å². The van der Waals surface area contributed by atoms with Gasteiger partial charge in [-0.1, -0.05) is 60.2 Å². The van der Waals surface area contributed by atoms with Gasteiger partial charge in [-0.25, -0.2) is 4.79 Å². The van der Waals surface area contributed by atoms with Crippen LogP contribution in [0.4, 0.5) is 0 Å². The molecule has 2 heteroatoms. The summed E-state index contributed by atoms with van der Waals surface area (Å²) in [7, 11) is 0. The maximum absolute atomic E-state index is 12.3. The van der Waals surface area contributed by atoms with Crippen molar-refractivity contribution in [1.82, 2.24) is 0 Å². The van der Waals surface area contributed by atoms with Crippen LogP contribution in [0.5, 0.6) is 5.75 Å². The quantitative estimate of drug-likeness (QED) is 0.507. The van der Waals surface area contributed by atoms with Crippen molar-refractivity contribution >= 4 is 5.97 Å². The van der Waals surface area contributed by atoms with E-state index < -0.39 is 0 Å². The third-order valence-electron chi connectivity index (χ3n) is 3.44. The van der Waals surface area contributed by atoms with E-state index in [0.717, 1.165) is 16.7 Å². The molecular formula is C20H16O2. The summed E-state index contributed by atoms with van der Waals surface area (Å²) in [6.07, 6.45) is 0. The predicted molar refractivity (Wildman–Crippen MR) is 88.0 cm³/mol. The molecule has 0 spiro atoms. The minimum Gasteiger partial charge on any atom is -0.423 e. The summed E-state index contributed by atoms with van der Waals surface area (Å²) in [4.78, 5) is 12.3. The third-order valence-corrected chi connectivity index (χ3v) is 3.44. The number of esters is 1. The Morgan fingerprint density at radius 3 is 2.18 bits per heavy atom. The molecule has 0 heterocycles. The molecule has 3 aromatic rings. The smallest absolute Gasteiger partial charge is 0.343 e. The van der Waals surface area contributed by atoms with E-state index in [9.17, 15) is 4.79 Å². The minimum absolute atomic E-state index is 0.346. The molecular weight excluding hydrogens is 272 g/mol. The van der Waals surface area contributed by atoms with Gasteiger partial charge in [0.05, 0.1) is 5.56 Å². The lowest BCUT2D eigenvalue weighted by Gasteiger charge is -2.07. The highest BCUT2D eigenvalue weighted by atomic mass is 16.5. The fraction of sp³-hybridized carbons (Fsp3) is 0.0500. The van der Waals surface area contributed by atoms with Gasteiger partial charge >= 0.3 is 5.97 Å². The van der Waals surface area contributed by atoms with E-state index in [2.05, 4.69) is 0 Å². The molecule has 3 aromatic carbocycles. The van der Waals surface area contributed by atoms with E-state index in [0.29, 0.717) is 11.3 Å². The zero-order valence-corrected chi connectivity index (χ0v) is 12.3.